The van der Waals surface area contributed by atoms with Crippen molar-refractivity contribution < 1.29 is 4.42 Å². The number of rotatable bonds is 5. The van der Waals surface area contributed by atoms with Gasteiger partial charge in [0.1, 0.15) is 11.6 Å². The Hall–Kier alpha value is -3.45. The van der Waals surface area contributed by atoms with Crippen molar-refractivity contribution in [2.24, 2.45) is 0 Å². The fourth-order valence-electron chi connectivity index (χ4n) is 4.57. The SMILES string of the molecule is Cc1ccnc(-n2c(C)cc([C@H]3[C@H](c4ccccn4)NC(=S)N3Cc3ccco3)c2C)c1. The van der Waals surface area contributed by atoms with Gasteiger partial charge in [0.25, 0.3) is 0 Å². The number of hydrogen-bond donors (Lipinski definition) is 1. The van der Waals surface area contributed by atoms with Gasteiger partial charge < -0.3 is 19.2 Å². The van der Waals surface area contributed by atoms with Gasteiger partial charge >= 0.3 is 0 Å². The zero-order valence-electron chi connectivity index (χ0n) is 18.3. The van der Waals surface area contributed by atoms with E-state index in [0.717, 1.165) is 28.7 Å². The molecule has 7 heteroatoms. The molecule has 1 N–H and O–H groups in total. The van der Waals surface area contributed by atoms with E-state index in [1.165, 1.54) is 11.1 Å². The van der Waals surface area contributed by atoms with Crippen molar-refractivity contribution in [3.05, 3.63) is 101 Å². The number of aromatic nitrogens is 3. The van der Waals surface area contributed by atoms with Crippen LogP contribution in [0.1, 0.15) is 46.1 Å². The minimum atomic E-state index is -0.0712. The first-order valence-corrected chi connectivity index (χ1v) is 11.1. The van der Waals surface area contributed by atoms with Crippen molar-refractivity contribution in [2.75, 3.05) is 0 Å². The summed E-state index contributed by atoms with van der Waals surface area (Å²) in [5.41, 5.74) is 5.60. The number of aryl methyl sites for hydroxylation is 2. The third-order valence-electron chi connectivity index (χ3n) is 6.02. The molecule has 6 nitrogen and oxygen atoms in total. The van der Waals surface area contributed by atoms with Gasteiger partial charge in [-0.25, -0.2) is 4.98 Å². The van der Waals surface area contributed by atoms with Crippen molar-refractivity contribution in [3.63, 3.8) is 0 Å². The van der Waals surface area contributed by atoms with Crippen LogP contribution in [0.5, 0.6) is 0 Å². The molecule has 162 valence electrons. The third kappa shape index (κ3) is 3.58. The lowest BCUT2D eigenvalue weighted by molar-refractivity contribution is 0.286. The second kappa shape index (κ2) is 8.24. The molecule has 0 spiro atoms. The maximum atomic E-state index is 5.79. The fourth-order valence-corrected chi connectivity index (χ4v) is 4.87. The van der Waals surface area contributed by atoms with E-state index in [2.05, 4.69) is 57.7 Å². The second-order valence-corrected chi connectivity index (χ2v) is 8.57. The van der Waals surface area contributed by atoms with Crippen LogP contribution in [-0.2, 0) is 6.54 Å². The Labute approximate surface area is 192 Å². The maximum Gasteiger partial charge on any atom is 0.170 e. The minimum absolute atomic E-state index is 0.0349. The Morgan fingerprint density at radius 1 is 1.03 bits per heavy atom. The molecule has 2 atom stereocenters. The molecule has 5 rings (SSSR count). The predicted octanol–water partition coefficient (Wildman–Crippen LogP) is 4.96. The number of hydrogen-bond acceptors (Lipinski definition) is 4. The largest absolute Gasteiger partial charge is 0.467 e. The molecule has 1 aliphatic heterocycles. The summed E-state index contributed by atoms with van der Waals surface area (Å²) in [6.07, 6.45) is 5.38. The average Bonchev–Trinajstić information content (AvgIpc) is 3.48. The van der Waals surface area contributed by atoms with Gasteiger partial charge in [-0.1, -0.05) is 6.07 Å². The van der Waals surface area contributed by atoms with Gasteiger partial charge in [0.15, 0.2) is 5.11 Å². The van der Waals surface area contributed by atoms with E-state index in [1.54, 1.807) is 6.26 Å². The van der Waals surface area contributed by atoms with Crippen LogP contribution < -0.4 is 5.32 Å². The van der Waals surface area contributed by atoms with E-state index in [0.29, 0.717) is 11.7 Å². The molecule has 0 amide bonds. The number of pyridine rings is 2. The van der Waals surface area contributed by atoms with Gasteiger partial charge in [0.2, 0.25) is 0 Å². The molecule has 5 heterocycles. The first-order valence-electron chi connectivity index (χ1n) is 10.7. The summed E-state index contributed by atoms with van der Waals surface area (Å²) in [7, 11) is 0. The predicted molar refractivity (Wildman–Crippen MR) is 127 cm³/mol. The molecule has 0 aromatic carbocycles. The van der Waals surface area contributed by atoms with Gasteiger partial charge in [-0.3, -0.25) is 4.98 Å². The number of thiocarbonyl (C=S) groups is 1. The van der Waals surface area contributed by atoms with E-state index < -0.39 is 0 Å². The van der Waals surface area contributed by atoms with Gasteiger partial charge in [-0.05, 0) is 86.6 Å². The van der Waals surface area contributed by atoms with Crippen molar-refractivity contribution in [3.8, 4) is 5.82 Å². The molecule has 32 heavy (non-hydrogen) atoms. The van der Waals surface area contributed by atoms with E-state index in [-0.39, 0.29) is 12.1 Å². The summed E-state index contributed by atoms with van der Waals surface area (Å²) < 4.78 is 7.86. The van der Waals surface area contributed by atoms with E-state index in [4.69, 9.17) is 16.6 Å². The summed E-state index contributed by atoms with van der Waals surface area (Å²) >= 11 is 5.79. The van der Waals surface area contributed by atoms with Gasteiger partial charge in [0.05, 0.1) is 30.6 Å². The van der Waals surface area contributed by atoms with Crippen LogP contribution in [0.2, 0.25) is 0 Å². The molecule has 0 saturated carbocycles. The van der Waals surface area contributed by atoms with Crippen LogP contribution in [0.25, 0.3) is 5.82 Å². The Morgan fingerprint density at radius 3 is 2.62 bits per heavy atom. The molecule has 1 saturated heterocycles. The quantitative estimate of drug-likeness (QED) is 0.440. The highest BCUT2D eigenvalue weighted by Gasteiger charge is 2.41. The second-order valence-electron chi connectivity index (χ2n) is 8.19. The van der Waals surface area contributed by atoms with E-state index >= 15 is 0 Å². The zero-order chi connectivity index (χ0) is 22.2. The minimum Gasteiger partial charge on any atom is -0.467 e. The van der Waals surface area contributed by atoms with Crippen LogP contribution in [-0.4, -0.2) is 24.5 Å². The van der Waals surface area contributed by atoms with Gasteiger partial charge in [-0.2, -0.15) is 0 Å². The summed E-state index contributed by atoms with van der Waals surface area (Å²) in [5, 5.41) is 4.21. The van der Waals surface area contributed by atoms with E-state index in [9.17, 15) is 0 Å². The van der Waals surface area contributed by atoms with Crippen LogP contribution in [0.3, 0.4) is 0 Å². The summed E-state index contributed by atoms with van der Waals surface area (Å²) in [5.74, 6) is 1.79. The monoisotopic (exact) mass is 443 g/mol. The molecule has 0 radical (unpaired) electrons. The highest BCUT2D eigenvalue weighted by Crippen LogP contribution is 2.42. The standard InChI is InChI=1S/C25H25N5OS/c1-16-9-11-27-22(13-16)30-17(2)14-20(18(30)3)24-23(21-8-4-5-10-26-21)28-25(32)29(24)15-19-7-6-12-31-19/h4-14,23-24H,15H2,1-3H3,(H,28,32)/t23-,24-/m0/s1. The molecule has 0 unspecified atom stereocenters. The smallest absolute Gasteiger partial charge is 0.170 e. The van der Waals surface area contributed by atoms with Crippen LogP contribution in [0.15, 0.2) is 71.6 Å². The average molecular weight is 444 g/mol. The number of nitrogens with one attached hydrogen (secondary N) is 1. The molecular formula is C25H25N5OS. The maximum absolute atomic E-state index is 5.79. The summed E-state index contributed by atoms with van der Waals surface area (Å²) in [6.45, 7) is 6.93. The van der Waals surface area contributed by atoms with Gasteiger partial charge in [0, 0.05) is 23.8 Å². The van der Waals surface area contributed by atoms with E-state index in [1.807, 2.05) is 48.8 Å². The molecule has 4 aromatic heterocycles. The topological polar surface area (TPSA) is 59.1 Å². The fraction of sp³-hybridized carbons (Fsp3) is 0.240. The Morgan fingerprint density at radius 2 is 1.91 bits per heavy atom. The van der Waals surface area contributed by atoms with Crippen molar-refractivity contribution in [2.45, 2.75) is 39.4 Å². The third-order valence-corrected chi connectivity index (χ3v) is 6.38. The molecule has 4 aromatic rings. The molecule has 0 bridgehead atoms. The molecule has 1 fully saturated rings. The van der Waals surface area contributed by atoms with Crippen molar-refractivity contribution in [1.29, 1.82) is 0 Å². The normalized spacial score (nSPS) is 18.2. The lowest BCUT2D eigenvalue weighted by Gasteiger charge is -2.27. The number of nitrogens with zero attached hydrogens (tertiary/aromatic N) is 4. The van der Waals surface area contributed by atoms with Gasteiger partial charge in [-0.15, -0.1) is 0 Å². The number of furan rings is 1. The van der Waals surface area contributed by atoms with Crippen LogP contribution >= 0.6 is 12.2 Å². The lowest BCUT2D eigenvalue weighted by Crippen LogP contribution is -2.29. The molecular weight excluding hydrogens is 418 g/mol. The summed E-state index contributed by atoms with van der Waals surface area (Å²) in [6, 6.07) is 16.1. The first-order chi connectivity index (χ1) is 15.5. The van der Waals surface area contributed by atoms with Crippen LogP contribution in [0, 0.1) is 20.8 Å². The Kier molecular flexibility index (Phi) is 5.27. The molecule has 1 aliphatic rings. The Balaban J connectivity index is 1.63. The Bertz CT molecular complexity index is 1250. The lowest BCUT2D eigenvalue weighted by atomic mass is 9.96. The zero-order valence-corrected chi connectivity index (χ0v) is 19.1. The van der Waals surface area contributed by atoms with Crippen molar-refractivity contribution >= 4 is 17.3 Å². The highest BCUT2D eigenvalue weighted by molar-refractivity contribution is 7.80. The first kappa shape index (κ1) is 20.5. The van der Waals surface area contributed by atoms with Crippen molar-refractivity contribution in [1.82, 2.24) is 24.8 Å². The molecule has 0 aliphatic carbocycles. The highest BCUT2D eigenvalue weighted by atomic mass is 32.1. The van der Waals surface area contributed by atoms with Crippen LogP contribution in [0.4, 0.5) is 0 Å². The summed E-state index contributed by atoms with van der Waals surface area (Å²) in [4.78, 5) is 11.5.